The van der Waals surface area contributed by atoms with Crippen LogP contribution in [-0.2, 0) is 26.5 Å². The Bertz CT molecular complexity index is 3320. The van der Waals surface area contributed by atoms with Crippen LogP contribution in [0.2, 0.25) is 18.1 Å². The van der Waals surface area contributed by atoms with Gasteiger partial charge in [0.2, 0.25) is 0 Å². The molecular weight excluding hydrogens is 999 g/mol. The van der Waals surface area contributed by atoms with Gasteiger partial charge in [-0.05, 0) is 81.0 Å². The molecule has 7 aromatic carbocycles. The van der Waals surface area contributed by atoms with Crippen LogP contribution in [0.3, 0.4) is 0 Å². The van der Waals surface area contributed by atoms with E-state index in [9.17, 15) is 0 Å². The first-order chi connectivity index (χ1) is 31.9. The number of hydrogen-bond donors (Lipinski definition) is 0. The SMILES string of the molecule is CC(C)c1cc(-c2ccccc2)cc(C(C)C)c1-n1c(-c2[c-]ccc3c2oc2c4ccccc4ccc32)nc2ccccc21.[Ir].[c-]1ccccc1-c1cc2c(cn1)[Si]1(CCCCC1)CCC2. The van der Waals surface area contributed by atoms with Gasteiger partial charge >= 0.3 is 0 Å². The third-order valence-corrected chi connectivity index (χ3v) is 19.8. The van der Waals surface area contributed by atoms with Gasteiger partial charge < -0.3 is 14.0 Å². The maximum atomic E-state index is 6.79. The minimum atomic E-state index is -1.19. The molecule has 4 nitrogen and oxygen atoms in total. The summed E-state index contributed by atoms with van der Waals surface area (Å²) < 4.78 is 9.15. The average Bonchev–Trinajstić information content (AvgIpc) is 3.94. The number of hydrogen-bond acceptors (Lipinski definition) is 3. The van der Waals surface area contributed by atoms with Crippen LogP contribution in [-0.4, -0.2) is 22.6 Å². The molecule has 66 heavy (non-hydrogen) atoms. The van der Waals surface area contributed by atoms with Crippen LogP contribution in [0.25, 0.3) is 83.2 Å². The predicted molar refractivity (Wildman–Crippen MR) is 274 cm³/mol. The molecule has 10 aromatic rings. The fraction of sp³-hybridized carbons (Fsp3) is 0.233. The van der Waals surface area contributed by atoms with Gasteiger partial charge in [-0.3, -0.25) is 4.98 Å². The Morgan fingerprint density at radius 3 is 2.11 bits per heavy atom. The van der Waals surface area contributed by atoms with Crippen molar-refractivity contribution < 1.29 is 24.5 Å². The standard InChI is InChI=1S/C41H33N2O.C19H22NSi.Ir/c1-25(2)34-23-29(27-13-6-5-7-14-27)24-35(26(3)4)38(34)43-37-20-11-10-19-36(37)42-41(43)33-18-12-17-31-32-22-21-28-15-8-9-16-30(28)39(32)44-40(31)33;1-3-8-16(9-4-1)18-14-17-10-7-13-21(19(17)15-20-18)11-5-2-6-12-21;/h5-17,19-26H,1-4H3;1,3-4,8,14-15H,2,5-7,10-13H2;/q2*-1;. The van der Waals surface area contributed by atoms with Gasteiger partial charge in [-0.25, -0.2) is 0 Å². The number of aromatic nitrogens is 3. The van der Waals surface area contributed by atoms with E-state index in [1.165, 1.54) is 83.6 Å². The maximum Gasteiger partial charge on any atom is 0.128 e. The monoisotopic (exact) mass is 1050 g/mol. The van der Waals surface area contributed by atoms with Gasteiger partial charge in [-0.15, -0.1) is 54.1 Å². The van der Waals surface area contributed by atoms with E-state index in [1.807, 2.05) is 18.2 Å². The van der Waals surface area contributed by atoms with E-state index < -0.39 is 8.07 Å². The Morgan fingerprint density at radius 2 is 1.33 bits per heavy atom. The quantitative estimate of drug-likeness (QED) is 0.123. The van der Waals surface area contributed by atoms with Crippen molar-refractivity contribution in [2.75, 3.05) is 0 Å². The number of nitrogens with zero attached hydrogens (tertiary/aromatic N) is 3. The molecule has 1 spiro atoms. The molecule has 1 saturated heterocycles. The molecule has 2 aliphatic heterocycles. The summed E-state index contributed by atoms with van der Waals surface area (Å²) in [5, 5.41) is 6.16. The zero-order chi connectivity index (χ0) is 44.1. The molecule has 12 rings (SSSR count). The second kappa shape index (κ2) is 18.4. The number of furan rings is 1. The largest absolute Gasteiger partial charge is 0.500 e. The summed E-state index contributed by atoms with van der Waals surface area (Å²) in [6.45, 7) is 9.14. The number of para-hydroxylation sites is 2. The molecule has 3 aromatic heterocycles. The Hall–Kier alpha value is -5.91. The smallest absolute Gasteiger partial charge is 0.128 e. The fourth-order valence-corrected chi connectivity index (χ4v) is 16.5. The van der Waals surface area contributed by atoms with Crippen molar-refractivity contribution in [2.24, 2.45) is 0 Å². The zero-order valence-corrected chi connectivity index (χ0v) is 41.7. The number of rotatable bonds is 6. The summed E-state index contributed by atoms with van der Waals surface area (Å²) in [5.41, 5.74) is 14.7. The first-order valence-corrected chi connectivity index (χ1v) is 26.4. The predicted octanol–water partition coefficient (Wildman–Crippen LogP) is 15.8. The summed E-state index contributed by atoms with van der Waals surface area (Å²) in [4.78, 5) is 10.1. The van der Waals surface area contributed by atoms with E-state index in [2.05, 4.69) is 178 Å². The number of benzene rings is 7. The van der Waals surface area contributed by atoms with Gasteiger partial charge in [0, 0.05) is 42.8 Å². The van der Waals surface area contributed by atoms with Crippen LogP contribution in [0.1, 0.15) is 81.9 Å². The minimum absolute atomic E-state index is 0. The van der Waals surface area contributed by atoms with Crippen molar-refractivity contribution in [1.82, 2.24) is 14.5 Å². The molecule has 0 saturated carbocycles. The second-order valence-corrected chi connectivity index (χ2v) is 23.6. The van der Waals surface area contributed by atoms with Gasteiger partial charge in [-0.1, -0.05) is 173 Å². The molecule has 1 radical (unpaired) electrons. The Balaban J connectivity index is 0.000000194. The molecular formula is C60H55IrN3OSi-2. The summed E-state index contributed by atoms with van der Waals surface area (Å²) in [6.07, 6.45) is 9.28. The van der Waals surface area contributed by atoms with Crippen molar-refractivity contribution in [3.8, 4) is 39.5 Å². The summed E-state index contributed by atoms with van der Waals surface area (Å²) in [5.74, 6) is 1.42. The number of fused-ring (bicyclic) bond motifs is 8. The van der Waals surface area contributed by atoms with Gasteiger partial charge in [0.05, 0.1) is 30.5 Å². The van der Waals surface area contributed by atoms with E-state index in [4.69, 9.17) is 14.4 Å². The third kappa shape index (κ3) is 7.87. The summed E-state index contributed by atoms with van der Waals surface area (Å²) in [7, 11) is -1.19. The Morgan fingerprint density at radius 1 is 0.621 bits per heavy atom. The van der Waals surface area contributed by atoms with E-state index in [1.54, 1.807) is 10.8 Å². The molecule has 0 atom stereocenters. The van der Waals surface area contributed by atoms with Gasteiger partial charge in [0.25, 0.3) is 0 Å². The molecule has 0 amide bonds. The molecule has 0 unspecified atom stereocenters. The van der Waals surface area contributed by atoms with Crippen LogP contribution in [0.4, 0.5) is 0 Å². The number of imidazole rings is 1. The second-order valence-electron chi connectivity index (χ2n) is 19.0. The van der Waals surface area contributed by atoms with Crippen molar-refractivity contribution in [2.45, 2.75) is 89.8 Å². The van der Waals surface area contributed by atoms with Crippen molar-refractivity contribution in [3.63, 3.8) is 0 Å². The van der Waals surface area contributed by atoms with Crippen LogP contribution < -0.4 is 5.19 Å². The van der Waals surface area contributed by atoms with Crippen molar-refractivity contribution >= 4 is 57.0 Å². The van der Waals surface area contributed by atoms with Crippen LogP contribution in [0.15, 0.2) is 156 Å². The Labute approximate surface area is 403 Å². The first-order valence-electron chi connectivity index (χ1n) is 23.8. The fourth-order valence-electron chi connectivity index (χ4n) is 11.1. The normalized spacial score (nSPS) is 14.5. The Kier molecular flexibility index (Phi) is 12.3. The van der Waals surface area contributed by atoms with Crippen LogP contribution >= 0.6 is 0 Å². The third-order valence-electron chi connectivity index (χ3n) is 14.3. The average molecular weight is 1050 g/mol. The molecule has 2 aliphatic rings. The van der Waals surface area contributed by atoms with Crippen LogP contribution in [0.5, 0.6) is 0 Å². The number of aryl methyl sites for hydroxylation is 1. The van der Waals surface area contributed by atoms with Gasteiger partial charge in [0.1, 0.15) is 5.58 Å². The molecule has 0 aliphatic carbocycles. The maximum absolute atomic E-state index is 6.79. The van der Waals surface area contributed by atoms with Crippen LogP contribution in [0, 0.1) is 12.1 Å². The van der Waals surface area contributed by atoms with Gasteiger partial charge in [-0.2, -0.15) is 0 Å². The van der Waals surface area contributed by atoms with Crippen molar-refractivity contribution in [3.05, 3.63) is 181 Å². The van der Waals surface area contributed by atoms with E-state index in [0.717, 1.165) is 61.0 Å². The minimum Gasteiger partial charge on any atom is -0.500 e. The van der Waals surface area contributed by atoms with E-state index >= 15 is 0 Å². The number of pyridine rings is 1. The molecule has 6 heteroatoms. The molecule has 5 heterocycles. The van der Waals surface area contributed by atoms with Gasteiger partial charge in [0.15, 0.2) is 0 Å². The first kappa shape index (κ1) is 44.0. The summed E-state index contributed by atoms with van der Waals surface area (Å²) in [6, 6.07) is 62.7. The van der Waals surface area contributed by atoms with E-state index in [-0.39, 0.29) is 31.9 Å². The molecule has 1 fully saturated rings. The molecule has 0 N–H and O–H groups in total. The van der Waals surface area contributed by atoms with Crippen molar-refractivity contribution in [1.29, 1.82) is 0 Å². The zero-order valence-electron chi connectivity index (χ0n) is 38.3. The van der Waals surface area contributed by atoms with E-state index in [0.29, 0.717) is 0 Å². The topological polar surface area (TPSA) is 43.9 Å². The molecule has 0 bridgehead atoms. The molecule has 331 valence electrons. The summed E-state index contributed by atoms with van der Waals surface area (Å²) >= 11 is 0.